The maximum absolute atomic E-state index is 13.7. The molecule has 0 radical (unpaired) electrons. The minimum absolute atomic E-state index is 0.0366. The van der Waals surface area contributed by atoms with Crippen LogP contribution < -0.4 is 5.32 Å². The normalized spacial score (nSPS) is 15.7. The molecule has 1 aromatic carbocycles. The molecule has 1 saturated carbocycles. The predicted molar refractivity (Wildman–Crippen MR) is 158 cm³/mol. The summed E-state index contributed by atoms with van der Waals surface area (Å²) in [5, 5.41) is 12.6. The Labute approximate surface area is 259 Å². The van der Waals surface area contributed by atoms with Crippen LogP contribution >= 0.6 is 0 Å². The SMILES string of the molecule is C=CC/C(F)=C\CC.CC(F)(F)F.CC/C=C/[C@@](NC(=O)c1ccc(F)c(C(F)(F)F)c1)(c1ccc(O)cn1)C1CCCCC1. The Bertz CT molecular complexity index is 1260. The Hall–Kier alpha value is -3.70. The van der Waals surface area contributed by atoms with Gasteiger partial charge in [0, 0.05) is 18.9 Å². The third-order valence-corrected chi connectivity index (χ3v) is 6.66. The third-order valence-electron chi connectivity index (χ3n) is 6.66. The zero-order valence-corrected chi connectivity index (χ0v) is 25.5. The average Bonchev–Trinajstić information content (AvgIpc) is 2.95. The van der Waals surface area contributed by atoms with Gasteiger partial charge >= 0.3 is 12.4 Å². The molecule has 0 spiro atoms. The lowest BCUT2D eigenvalue weighted by Gasteiger charge is -2.41. The Morgan fingerprint density at radius 1 is 1.04 bits per heavy atom. The van der Waals surface area contributed by atoms with Gasteiger partial charge in [0.15, 0.2) is 0 Å². The molecule has 2 aromatic rings. The summed E-state index contributed by atoms with van der Waals surface area (Å²) in [4.78, 5) is 17.5. The van der Waals surface area contributed by atoms with Crippen molar-refractivity contribution in [1.82, 2.24) is 10.3 Å². The van der Waals surface area contributed by atoms with Crippen LogP contribution in [0.3, 0.4) is 0 Å². The summed E-state index contributed by atoms with van der Waals surface area (Å²) in [5.74, 6) is -2.34. The van der Waals surface area contributed by atoms with Crippen LogP contribution in [-0.4, -0.2) is 22.2 Å². The van der Waals surface area contributed by atoms with E-state index in [1.54, 1.807) is 18.2 Å². The first-order valence-corrected chi connectivity index (χ1v) is 14.5. The van der Waals surface area contributed by atoms with E-state index in [-0.39, 0.29) is 30.0 Å². The van der Waals surface area contributed by atoms with Gasteiger partial charge in [0.1, 0.15) is 17.1 Å². The first-order chi connectivity index (χ1) is 21.0. The number of allylic oxidation sites excluding steroid dienone is 4. The van der Waals surface area contributed by atoms with Crippen LogP contribution in [0.4, 0.5) is 35.1 Å². The van der Waals surface area contributed by atoms with Crippen molar-refractivity contribution in [2.45, 2.75) is 90.0 Å². The number of pyridine rings is 1. The van der Waals surface area contributed by atoms with Crippen molar-refractivity contribution in [3.05, 3.63) is 95.9 Å². The molecule has 0 bridgehead atoms. The van der Waals surface area contributed by atoms with Crippen molar-refractivity contribution in [3.8, 4) is 5.75 Å². The second kappa shape index (κ2) is 18.3. The summed E-state index contributed by atoms with van der Waals surface area (Å²) in [7, 11) is 0. The molecule has 1 amide bonds. The number of nitrogens with one attached hydrogen (secondary N) is 1. The summed E-state index contributed by atoms with van der Waals surface area (Å²) in [5.41, 5.74) is -2.37. The van der Waals surface area contributed by atoms with Crippen LogP contribution in [0.25, 0.3) is 0 Å². The van der Waals surface area contributed by atoms with Gasteiger partial charge in [-0.1, -0.05) is 57.4 Å². The summed E-state index contributed by atoms with van der Waals surface area (Å²) in [6, 6.07) is 5.30. The zero-order chi connectivity index (χ0) is 34.3. The number of benzene rings is 1. The van der Waals surface area contributed by atoms with Crippen molar-refractivity contribution in [3.63, 3.8) is 0 Å². The molecule has 1 aliphatic carbocycles. The molecule has 2 N–H and O–H groups in total. The molecule has 0 saturated heterocycles. The lowest BCUT2D eigenvalue weighted by atomic mass is 9.72. The largest absolute Gasteiger partial charge is 0.506 e. The first-order valence-electron chi connectivity index (χ1n) is 14.5. The fraction of sp³-hybridized carbons (Fsp3) is 0.455. The average molecular weight is 649 g/mol. The number of carbonyl (C=O) groups excluding carboxylic acids is 1. The van der Waals surface area contributed by atoms with Gasteiger partial charge < -0.3 is 10.4 Å². The van der Waals surface area contributed by atoms with Crippen molar-refractivity contribution >= 4 is 5.91 Å². The highest BCUT2D eigenvalue weighted by Gasteiger charge is 2.42. The number of hydrogen-bond acceptors (Lipinski definition) is 3. The van der Waals surface area contributed by atoms with E-state index in [0.29, 0.717) is 30.7 Å². The number of amides is 1. The van der Waals surface area contributed by atoms with Crippen LogP contribution in [0.2, 0.25) is 0 Å². The minimum atomic E-state index is -4.92. The van der Waals surface area contributed by atoms with Gasteiger partial charge in [-0.25, -0.2) is 8.78 Å². The van der Waals surface area contributed by atoms with Crippen LogP contribution in [0.15, 0.2) is 73.2 Å². The molecule has 250 valence electrons. The van der Waals surface area contributed by atoms with Gasteiger partial charge in [-0.3, -0.25) is 9.78 Å². The Balaban J connectivity index is 0.000000654. The maximum Gasteiger partial charge on any atom is 0.419 e. The smallest absolute Gasteiger partial charge is 0.419 e. The molecule has 1 atom stereocenters. The van der Waals surface area contributed by atoms with E-state index >= 15 is 0 Å². The van der Waals surface area contributed by atoms with Gasteiger partial charge in [0.05, 0.1) is 23.3 Å². The lowest BCUT2D eigenvalue weighted by Crippen LogP contribution is -2.51. The minimum Gasteiger partial charge on any atom is -0.506 e. The Kier molecular flexibility index (Phi) is 16.0. The molecule has 1 fully saturated rings. The lowest BCUT2D eigenvalue weighted by molar-refractivity contribution is -0.140. The van der Waals surface area contributed by atoms with E-state index in [0.717, 1.165) is 44.6 Å². The van der Waals surface area contributed by atoms with E-state index < -0.39 is 35.2 Å². The van der Waals surface area contributed by atoms with Crippen molar-refractivity contribution in [2.24, 2.45) is 5.92 Å². The molecule has 3 rings (SSSR count). The predicted octanol–water partition coefficient (Wildman–Crippen LogP) is 10.5. The molecule has 1 heterocycles. The van der Waals surface area contributed by atoms with Crippen molar-refractivity contribution < 1.29 is 45.0 Å². The Morgan fingerprint density at radius 3 is 2.16 bits per heavy atom. The second-order valence-electron chi connectivity index (χ2n) is 10.4. The van der Waals surface area contributed by atoms with E-state index in [9.17, 15) is 45.0 Å². The zero-order valence-electron chi connectivity index (χ0n) is 25.5. The quantitative estimate of drug-likeness (QED) is 0.210. The molecule has 12 heteroatoms. The highest BCUT2D eigenvalue weighted by molar-refractivity contribution is 5.95. The molecule has 0 aliphatic heterocycles. The van der Waals surface area contributed by atoms with Gasteiger partial charge in [-0.15, -0.1) is 6.58 Å². The fourth-order valence-corrected chi connectivity index (χ4v) is 4.72. The maximum atomic E-state index is 13.7. The number of halogens is 8. The highest BCUT2D eigenvalue weighted by atomic mass is 19.4. The van der Waals surface area contributed by atoms with Crippen LogP contribution in [0.5, 0.6) is 5.75 Å². The topological polar surface area (TPSA) is 62.2 Å². The molecule has 45 heavy (non-hydrogen) atoms. The first kappa shape index (κ1) is 39.3. The molecule has 1 aromatic heterocycles. The number of aromatic hydroxyl groups is 1. The number of aromatic nitrogens is 1. The fourth-order valence-electron chi connectivity index (χ4n) is 4.72. The number of nitrogens with zero attached hydrogens (tertiary/aromatic N) is 1. The summed E-state index contributed by atoms with van der Waals surface area (Å²) < 4.78 is 96.5. The summed E-state index contributed by atoms with van der Waals surface area (Å²) >= 11 is 0. The van der Waals surface area contributed by atoms with Gasteiger partial charge in [-0.05, 0) is 61.9 Å². The summed E-state index contributed by atoms with van der Waals surface area (Å²) in [6.07, 6.45) is 5.58. The van der Waals surface area contributed by atoms with Gasteiger partial charge in [0.2, 0.25) is 0 Å². The number of carbonyl (C=O) groups is 1. The third kappa shape index (κ3) is 13.9. The number of hydrogen-bond donors (Lipinski definition) is 2. The molecule has 0 unspecified atom stereocenters. The molecule has 4 nitrogen and oxygen atoms in total. The van der Waals surface area contributed by atoms with Crippen molar-refractivity contribution in [2.75, 3.05) is 0 Å². The molecular formula is C33H40F8N2O2. The number of rotatable bonds is 9. The number of alkyl halides is 6. The van der Waals surface area contributed by atoms with Crippen LogP contribution in [-0.2, 0) is 11.7 Å². The molecule has 1 aliphatic rings. The van der Waals surface area contributed by atoms with Crippen LogP contribution in [0.1, 0.15) is 93.8 Å². The molecular weight excluding hydrogens is 608 g/mol. The van der Waals surface area contributed by atoms with Gasteiger partial charge in [-0.2, -0.15) is 26.3 Å². The van der Waals surface area contributed by atoms with Crippen LogP contribution in [0, 0.1) is 11.7 Å². The van der Waals surface area contributed by atoms with E-state index in [1.807, 2.05) is 26.0 Å². The monoisotopic (exact) mass is 648 g/mol. The van der Waals surface area contributed by atoms with E-state index in [4.69, 9.17) is 0 Å². The highest BCUT2D eigenvalue weighted by Crippen LogP contribution is 2.41. The van der Waals surface area contributed by atoms with Crippen molar-refractivity contribution in [1.29, 1.82) is 0 Å². The van der Waals surface area contributed by atoms with E-state index in [2.05, 4.69) is 16.9 Å². The van der Waals surface area contributed by atoms with Gasteiger partial charge in [0.25, 0.3) is 5.91 Å². The summed E-state index contributed by atoms with van der Waals surface area (Å²) in [6.45, 7) is 7.43. The second-order valence-corrected chi connectivity index (χ2v) is 10.4. The van der Waals surface area contributed by atoms with E-state index in [1.165, 1.54) is 12.3 Å². The standard InChI is InChI=1S/C24H26F4N2O2.C7H11F.C2H3F3/c1-2-3-13-23(17-7-5-4-6-8-17,21-12-10-18(31)15-29-21)30-22(32)16-9-11-20(25)19(14-16)24(26,27)28;1-3-5-7(8)6-4-2;1-2(3,4)5/h3,9-15,17,31H,2,4-8H2,1H3,(H,30,32);3,6H,1,4-5H2,2H3;1H3/b13-3+;7-6+;/t23-;;/m0../s1. The Morgan fingerprint density at radius 2 is 1.67 bits per heavy atom.